The molecular formula is C18H16N2OS. The Balaban J connectivity index is 1.79. The number of nitrogens with one attached hydrogen (secondary N) is 1. The van der Waals surface area contributed by atoms with Gasteiger partial charge in [-0.25, -0.2) is 4.98 Å². The fourth-order valence-electron chi connectivity index (χ4n) is 2.41. The first kappa shape index (κ1) is 14.5. The van der Waals surface area contributed by atoms with Crippen molar-refractivity contribution >= 4 is 17.2 Å². The van der Waals surface area contributed by atoms with E-state index in [2.05, 4.69) is 34.6 Å². The minimum atomic E-state index is -0.127. The number of hydrogen-bond donors (Lipinski definition) is 1. The highest BCUT2D eigenvalue weighted by atomic mass is 32.1. The van der Waals surface area contributed by atoms with Gasteiger partial charge in [-0.05, 0) is 11.1 Å². The molecule has 22 heavy (non-hydrogen) atoms. The van der Waals surface area contributed by atoms with Crippen molar-refractivity contribution in [3.8, 4) is 0 Å². The van der Waals surface area contributed by atoms with Crippen molar-refractivity contribution in [1.82, 2.24) is 10.3 Å². The lowest BCUT2D eigenvalue weighted by molar-refractivity contribution is 0.0948. The molecule has 0 fully saturated rings. The van der Waals surface area contributed by atoms with Gasteiger partial charge in [-0.15, -0.1) is 11.3 Å². The zero-order valence-electron chi connectivity index (χ0n) is 12.0. The Morgan fingerprint density at radius 3 is 2.09 bits per heavy atom. The van der Waals surface area contributed by atoms with Crippen molar-refractivity contribution < 1.29 is 4.79 Å². The number of carbonyl (C=O) groups excluding carboxylic acids is 1. The minimum absolute atomic E-state index is 0.127. The third-order valence-corrected chi connectivity index (χ3v) is 4.12. The van der Waals surface area contributed by atoms with Gasteiger partial charge in [0.25, 0.3) is 5.91 Å². The number of hydrogen-bond acceptors (Lipinski definition) is 3. The number of aromatic nitrogens is 1. The zero-order valence-corrected chi connectivity index (χ0v) is 12.8. The van der Waals surface area contributed by atoms with Crippen LogP contribution in [0.3, 0.4) is 0 Å². The monoisotopic (exact) mass is 308 g/mol. The van der Waals surface area contributed by atoms with Crippen molar-refractivity contribution in [3.05, 3.63) is 88.4 Å². The highest BCUT2D eigenvalue weighted by Crippen LogP contribution is 2.23. The van der Waals surface area contributed by atoms with Gasteiger partial charge in [0.1, 0.15) is 5.69 Å². The Hall–Kier alpha value is -2.46. The first-order valence-electron chi connectivity index (χ1n) is 7.11. The molecule has 1 amide bonds. The van der Waals surface area contributed by atoms with Gasteiger partial charge < -0.3 is 5.32 Å². The third-order valence-electron chi connectivity index (χ3n) is 3.54. The van der Waals surface area contributed by atoms with Gasteiger partial charge >= 0.3 is 0 Å². The van der Waals surface area contributed by atoms with Crippen molar-refractivity contribution in [2.75, 3.05) is 6.54 Å². The average Bonchev–Trinajstić information content (AvgIpc) is 3.11. The Labute approximate surface area is 133 Å². The van der Waals surface area contributed by atoms with Crippen molar-refractivity contribution in [1.29, 1.82) is 0 Å². The van der Waals surface area contributed by atoms with Crippen molar-refractivity contribution in [3.63, 3.8) is 0 Å². The zero-order chi connectivity index (χ0) is 15.2. The second-order valence-corrected chi connectivity index (χ2v) is 5.68. The maximum absolute atomic E-state index is 12.1. The van der Waals surface area contributed by atoms with E-state index in [1.165, 1.54) is 22.5 Å². The molecule has 3 aromatic rings. The van der Waals surface area contributed by atoms with E-state index >= 15 is 0 Å². The Morgan fingerprint density at radius 1 is 1.00 bits per heavy atom. The summed E-state index contributed by atoms with van der Waals surface area (Å²) >= 11 is 1.42. The molecule has 0 saturated heterocycles. The van der Waals surface area contributed by atoms with Gasteiger partial charge in [0, 0.05) is 17.8 Å². The summed E-state index contributed by atoms with van der Waals surface area (Å²) < 4.78 is 0. The summed E-state index contributed by atoms with van der Waals surface area (Å²) in [6, 6.07) is 20.4. The number of nitrogens with zero attached hydrogens (tertiary/aromatic N) is 1. The Bertz CT molecular complexity index is 672. The third kappa shape index (κ3) is 3.40. The number of carbonyl (C=O) groups is 1. The van der Waals surface area contributed by atoms with Crippen LogP contribution in [-0.2, 0) is 0 Å². The fourth-order valence-corrected chi connectivity index (χ4v) is 2.94. The van der Waals surface area contributed by atoms with Crippen LogP contribution in [0.5, 0.6) is 0 Å². The predicted octanol–water partition coefficient (Wildman–Crippen LogP) is 3.71. The second kappa shape index (κ2) is 7.00. The summed E-state index contributed by atoms with van der Waals surface area (Å²) in [7, 11) is 0. The second-order valence-electron chi connectivity index (χ2n) is 4.96. The van der Waals surface area contributed by atoms with Crippen LogP contribution in [0.15, 0.2) is 71.6 Å². The van der Waals surface area contributed by atoms with Crippen LogP contribution in [0, 0.1) is 0 Å². The number of amides is 1. The van der Waals surface area contributed by atoms with Crippen LogP contribution in [-0.4, -0.2) is 17.4 Å². The molecule has 0 unspecified atom stereocenters. The van der Waals surface area contributed by atoms with E-state index in [9.17, 15) is 4.79 Å². The van der Waals surface area contributed by atoms with Crippen molar-refractivity contribution in [2.45, 2.75) is 5.92 Å². The lowest BCUT2D eigenvalue weighted by Gasteiger charge is -2.18. The van der Waals surface area contributed by atoms with E-state index in [4.69, 9.17) is 0 Å². The number of thiazole rings is 1. The maximum atomic E-state index is 12.1. The summed E-state index contributed by atoms with van der Waals surface area (Å²) in [6.07, 6.45) is 0. The van der Waals surface area contributed by atoms with Crippen LogP contribution in [0.1, 0.15) is 27.5 Å². The summed E-state index contributed by atoms with van der Waals surface area (Å²) in [5.41, 5.74) is 4.52. The topological polar surface area (TPSA) is 42.0 Å². The summed E-state index contributed by atoms with van der Waals surface area (Å²) in [5, 5.41) is 4.75. The molecule has 0 spiro atoms. The highest BCUT2D eigenvalue weighted by Gasteiger charge is 2.16. The van der Waals surface area contributed by atoms with E-state index in [1.807, 2.05) is 36.4 Å². The van der Waals surface area contributed by atoms with Crippen LogP contribution >= 0.6 is 11.3 Å². The predicted molar refractivity (Wildman–Crippen MR) is 89.2 cm³/mol. The van der Waals surface area contributed by atoms with Gasteiger partial charge in [-0.3, -0.25) is 4.79 Å². The summed E-state index contributed by atoms with van der Waals surface area (Å²) in [6.45, 7) is 0.546. The maximum Gasteiger partial charge on any atom is 0.270 e. The smallest absolute Gasteiger partial charge is 0.270 e. The molecule has 0 aliphatic heterocycles. The van der Waals surface area contributed by atoms with Gasteiger partial charge in [-0.2, -0.15) is 0 Å². The molecule has 3 rings (SSSR count). The lowest BCUT2D eigenvalue weighted by atomic mass is 9.91. The molecule has 0 saturated carbocycles. The Morgan fingerprint density at radius 2 is 1.59 bits per heavy atom. The molecule has 0 bridgehead atoms. The molecule has 0 radical (unpaired) electrons. The molecule has 2 aromatic carbocycles. The number of rotatable bonds is 5. The molecule has 4 heteroatoms. The molecule has 1 aromatic heterocycles. The fraction of sp³-hybridized carbons (Fsp3) is 0.111. The molecule has 0 atom stereocenters. The van der Waals surface area contributed by atoms with E-state index in [0.29, 0.717) is 12.2 Å². The molecule has 0 aliphatic carbocycles. The lowest BCUT2D eigenvalue weighted by Crippen LogP contribution is -2.29. The molecule has 110 valence electrons. The van der Waals surface area contributed by atoms with Crippen molar-refractivity contribution in [2.24, 2.45) is 0 Å². The van der Waals surface area contributed by atoms with E-state index in [0.717, 1.165) is 0 Å². The SMILES string of the molecule is O=C(NCC(c1ccccc1)c1ccccc1)c1cscn1. The number of benzene rings is 2. The van der Waals surface area contributed by atoms with E-state index in [1.54, 1.807) is 10.9 Å². The Kier molecular flexibility index (Phi) is 4.61. The normalized spacial score (nSPS) is 10.6. The molecule has 1 heterocycles. The van der Waals surface area contributed by atoms with Gasteiger partial charge in [0.15, 0.2) is 0 Å². The van der Waals surface area contributed by atoms with Crippen LogP contribution in [0.25, 0.3) is 0 Å². The van der Waals surface area contributed by atoms with Crippen LogP contribution < -0.4 is 5.32 Å². The van der Waals surface area contributed by atoms with Gasteiger partial charge in [0.05, 0.1) is 5.51 Å². The first-order chi connectivity index (χ1) is 10.8. The van der Waals surface area contributed by atoms with Crippen LogP contribution in [0.2, 0.25) is 0 Å². The quantitative estimate of drug-likeness (QED) is 0.781. The molecule has 3 nitrogen and oxygen atoms in total. The van der Waals surface area contributed by atoms with E-state index in [-0.39, 0.29) is 11.8 Å². The summed E-state index contributed by atoms with van der Waals surface area (Å²) in [4.78, 5) is 16.2. The molecular weight excluding hydrogens is 292 g/mol. The largest absolute Gasteiger partial charge is 0.350 e. The summed E-state index contributed by atoms with van der Waals surface area (Å²) in [5.74, 6) is 0.00287. The molecule has 0 aliphatic rings. The van der Waals surface area contributed by atoms with Crippen LogP contribution in [0.4, 0.5) is 0 Å². The van der Waals surface area contributed by atoms with Gasteiger partial charge in [0.2, 0.25) is 0 Å². The standard InChI is InChI=1S/C18H16N2OS/c21-18(17-12-22-13-20-17)19-11-16(14-7-3-1-4-8-14)15-9-5-2-6-10-15/h1-10,12-13,16H,11H2,(H,19,21). The molecule has 1 N–H and O–H groups in total. The average molecular weight is 308 g/mol. The van der Waals surface area contributed by atoms with Gasteiger partial charge in [-0.1, -0.05) is 60.7 Å². The van der Waals surface area contributed by atoms with E-state index < -0.39 is 0 Å². The highest BCUT2D eigenvalue weighted by molar-refractivity contribution is 7.07. The first-order valence-corrected chi connectivity index (χ1v) is 8.05. The minimum Gasteiger partial charge on any atom is -0.350 e.